The van der Waals surface area contributed by atoms with Gasteiger partial charge in [0.15, 0.2) is 0 Å². The Kier molecular flexibility index (Phi) is 7.80. The van der Waals surface area contributed by atoms with Crippen LogP contribution in [0.5, 0.6) is 0 Å². The maximum atomic E-state index is 9.00. The van der Waals surface area contributed by atoms with Gasteiger partial charge in [-0.05, 0) is 0 Å². The van der Waals surface area contributed by atoms with Crippen molar-refractivity contribution in [1.82, 2.24) is 0 Å². The van der Waals surface area contributed by atoms with Crippen molar-refractivity contribution in [2.45, 2.75) is 12.7 Å². The largest absolute Gasteiger partial charge is 0.481 e. The first-order valence-electron chi connectivity index (χ1n) is 3.18. The molecule has 0 bridgehead atoms. The zero-order valence-electron chi connectivity index (χ0n) is 7.34. The molecule has 7 heteroatoms. The molecule has 1 aliphatic rings. The van der Waals surface area contributed by atoms with Gasteiger partial charge in [-0.25, -0.2) is 9.98 Å². The number of rotatable bonds is 1. The molecule has 0 aromatic heterocycles. The monoisotopic (exact) mass is 237 g/mol. The number of hydrogen-bond donors (Lipinski definition) is 3. The second-order valence-electron chi connectivity index (χ2n) is 2.11. The summed E-state index contributed by atoms with van der Waals surface area (Å²) in [6.45, 7) is 0.847. The Morgan fingerprint density at radius 1 is 1.54 bits per heavy atom. The summed E-state index contributed by atoms with van der Waals surface area (Å²) >= 11 is 0. The third-order valence-corrected chi connectivity index (χ3v) is 0.896. The van der Waals surface area contributed by atoms with Crippen LogP contribution in [0.4, 0.5) is 0 Å². The van der Waals surface area contributed by atoms with E-state index in [1.807, 2.05) is 0 Å². The molecule has 0 saturated carbocycles. The molecule has 70 valence electrons. The summed E-state index contributed by atoms with van der Waals surface area (Å²) in [5, 5.41) is 15.9. The third-order valence-electron chi connectivity index (χ3n) is 0.896. The van der Waals surface area contributed by atoms with Gasteiger partial charge in [0.2, 0.25) is 5.79 Å². The molecule has 0 aromatic rings. The Balaban J connectivity index is 0. The molecule has 0 fully saturated rings. The smallest absolute Gasteiger partial charge is 0.300 e. The van der Waals surface area contributed by atoms with Gasteiger partial charge >= 0.3 is 0 Å². The third kappa shape index (κ3) is 7.71. The number of aliphatic hydroxyl groups excluding tert-OH is 1. The van der Waals surface area contributed by atoms with E-state index in [2.05, 4.69) is 9.98 Å². The van der Waals surface area contributed by atoms with E-state index in [4.69, 9.17) is 20.7 Å². The number of carboxylic acid groups (broad SMARTS) is 1. The molecular weight excluding hydrogens is 227 g/mol. The van der Waals surface area contributed by atoms with Gasteiger partial charge in [-0.2, -0.15) is 0 Å². The van der Waals surface area contributed by atoms with Crippen molar-refractivity contribution >= 4 is 18.4 Å². The average molecular weight is 239 g/mol. The Bertz CT molecular complexity index is 201. The van der Waals surface area contributed by atoms with E-state index >= 15 is 0 Å². The van der Waals surface area contributed by atoms with Crippen molar-refractivity contribution in [3.8, 4) is 0 Å². The minimum atomic E-state index is -1.07. The average Bonchev–Trinajstić information content (AvgIpc) is 2.36. The second-order valence-corrected chi connectivity index (χ2v) is 2.11. The van der Waals surface area contributed by atoms with Crippen LogP contribution in [0.3, 0.4) is 0 Å². The van der Waals surface area contributed by atoms with Crippen LogP contribution in [0, 0.1) is 0 Å². The van der Waals surface area contributed by atoms with E-state index < -0.39 is 11.8 Å². The van der Waals surface area contributed by atoms with Crippen molar-refractivity contribution in [3.63, 3.8) is 0 Å². The van der Waals surface area contributed by atoms with Gasteiger partial charge in [-0.3, -0.25) is 10.5 Å². The van der Waals surface area contributed by atoms with E-state index in [0.29, 0.717) is 0 Å². The molecule has 0 amide bonds. The molecule has 6 nitrogen and oxygen atoms in total. The summed E-state index contributed by atoms with van der Waals surface area (Å²) in [6, 6.07) is 0. The molecule has 0 saturated heterocycles. The summed E-state index contributed by atoms with van der Waals surface area (Å²) in [5.74, 6) is -1.90. The fraction of sp³-hybridized carbons (Fsp3) is 0.500. The van der Waals surface area contributed by atoms with Crippen molar-refractivity contribution in [3.05, 3.63) is 0 Å². The Morgan fingerprint density at radius 2 is 1.85 bits per heavy atom. The van der Waals surface area contributed by atoms with Gasteiger partial charge in [0.1, 0.15) is 6.61 Å². The summed E-state index contributed by atoms with van der Waals surface area (Å²) in [7, 11) is 0. The van der Waals surface area contributed by atoms with E-state index in [-0.39, 0.29) is 26.1 Å². The predicted octanol–water partition coefficient (Wildman–Crippen LogP) is -1.17. The zero-order valence-corrected chi connectivity index (χ0v) is 10.3. The van der Waals surface area contributed by atoms with Gasteiger partial charge in [-0.15, -0.1) is 0 Å². The normalized spacial score (nSPS) is 15.6. The van der Waals surface area contributed by atoms with E-state index in [1.54, 1.807) is 0 Å². The topological polar surface area (TPSA) is 108 Å². The standard InChI is InChI=1S/C4H7N3O.C2H4O2.Zn/c5-4(3-8)6-1-2-7-4;1-2(3)4;/h1-2,8H,3,5H2;1H3,(H,3,4);. The molecule has 4 N–H and O–H groups in total. The minimum Gasteiger partial charge on any atom is -0.481 e. The molecule has 1 aliphatic heterocycles. The van der Waals surface area contributed by atoms with Gasteiger partial charge in [0.05, 0.1) is 0 Å². The second kappa shape index (κ2) is 6.83. The van der Waals surface area contributed by atoms with Crippen molar-refractivity contribution in [2.24, 2.45) is 15.7 Å². The SMILES string of the molecule is CC(=O)O.NC1(CO)N=CC=N1.[Zn]. The first-order chi connectivity index (χ1) is 5.50. The number of aliphatic imine (C=N–C) groups is 2. The molecule has 0 radical (unpaired) electrons. The molecule has 1 heterocycles. The van der Waals surface area contributed by atoms with Gasteiger partial charge in [-0.1, -0.05) is 0 Å². The summed E-state index contributed by atoms with van der Waals surface area (Å²) in [5.41, 5.74) is 5.31. The Hall–Kier alpha value is -0.647. The van der Waals surface area contributed by atoms with Gasteiger partial charge < -0.3 is 10.2 Å². The van der Waals surface area contributed by atoms with Gasteiger partial charge in [0.25, 0.3) is 5.97 Å². The molecule has 13 heavy (non-hydrogen) atoms. The molecular formula is C6H11N3O3Zn. The summed E-state index contributed by atoms with van der Waals surface area (Å²) in [4.78, 5) is 16.3. The van der Waals surface area contributed by atoms with Crippen LogP contribution in [0.2, 0.25) is 0 Å². The van der Waals surface area contributed by atoms with Crippen LogP contribution >= 0.6 is 0 Å². The number of hydrogen-bond acceptors (Lipinski definition) is 5. The maximum Gasteiger partial charge on any atom is 0.300 e. The fourth-order valence-corrected chi connectivity index (χ4v) is 0.440. The van der Waals surface area contributed by atoms with E-state index in [0.717, 1.165) is 6.92 Å². The van der Waals surface area contributed by atoms with Crippen molar-refractivity contribution < 1.29 is 34.5 Å². The predicted molar refractivity (Wildman–Crippen MR) is 44.3 cm³/mol. The molecule has 0 atom stereocenters. The fourth-order valence-electron chi connectivity index (χ4n) is 0.440. The number of nitrogens with zero attached hydrogens (tertiary/aromatic N) is 2. The number of aliphatic hydroxyl groups is 1. The Labute approximate surface area is 88.3 Å². The number of aliphatic carboxylic acids is 1. The minimum absolute atomic E-state index is 0. The number of carboxylic acids is 1. The van der Waals surface area contributed by atoms with E-state index in [1.165, 1.54) is 12.4 Å². The molecule has 0 unspecified atom stereocenters. The Morgan fingerprint density at radius 3 is 2.00 bits per heavy atom. The number of carbonyl (C=O) groups is 1. The molecule has 0 aliphatic carbocycles. The van der Waals surface area contributed by atoms with Crippen LogP contribution in [0.1, 0.15) is 6.92 Å². The van der Waals surface area contributed by atoms with Crippen LogP contribution in [0.15, 0.2) is 9.98 Å². The van der Waals surface area contributed by atoms with Crippen molar-refractivity contribution in [1.29, 1.82) is 0 Å². The van der Waals surface area contributed by atoms with Crippen LogP contribution < -0.4 is 5.73 Å². The van der Waals surface area contributed by atoms with Crippen LogP contribution in [-0.2, 0) is 24.3 Å². The molecule has 1 rings (SSSR count). The molecule has 0 spiro atoms. The van der Waals surface area contributed by atoms with Crippen LogP contribution in [-0.4, -0.2) is 41.0 Å². The maximum absolute atomic E-state index is 9.00. The number of nitrogens with two attached hydrogens (primary N) is 1. The van der Waals surface area contributed by atoms with Gasteiger partial charge in [0, 0.05) is 38.8 Å². The summed E-state index contributed by atoms with van der Waals surface area (Å²) < 4.78 is 0. The first-order valence-corrected chi connectivity index (χ1v) is 3.18. The quantitative estimate of drug-likeness (QED) is 0.501. The van der Waals surface area contributed by atoms with Crippen LogP contribution in [0.25, 0.3) is 0 Å². The molecule has 0 aromatic carbocycles. The van der Waals surface area contributed by atoms with Crippen molar-refractivity contribution in [2.75, 3.05) is 6.61 Å². The summed E-state index contributed by atoms with van der Waals surface area (Å²) in [6.07, 6.45) is 2.94. The zero-order chi connectivity index (χ0) is 9.61. The van der Waals surface area contributed by atoms with E-state index in [9.17, 15) is 0 Å². The first kappa shape index (κ1) is 14.9.